The largest absolute Gasteiger partial charge is 0.493 e. The zero-order valence-electron chi connectivity index (χ0n) is 15.1. The normalized spacial score (nSPS) is 15.5. The maximum absolute atomic E-state index is 12.1. The molecule has 0 spiro atoms. The molecule has 6 heteroatoms. The molecule has 1 aliphatic heterocycles. The summed E-state index contributed by atoms with van der Waals surface area (Å²) in [6, 6.07) is 11.1. The minimum absolute atomic E-state index is 0.160. The second-order valence-corrected chi connectivity index (χ2v) is 6.38. The Morgan fingerprint density at radius 1 is 1.23 bits per heavy atom. The number of carbonyl (C=O) groups excluding carboxylic acids is 2. The Morgan fingerprint density at radius 3 is 2.85 bits per heavy atom. The topological polar surface area (TPSA) is 76.7 Å². The summed E-state index contributed by atoms with van der Waals surface area (Å²) in [7, 11) is 0. The highest BCUT2D eigenvalue weighted by molar-refractivity contribution is 5.99. The molecule has 2 aromatic carbocycles. The van der Waals surface area contributed by atoms with Crippen LogP contribution in [-0.2, 0) is 9.59 Å². The van der Waals surface area contributed by atoms with Gasteiger partial charge >= 0.3 is 0 Å². The van der Waals surface area contributed by atoms with Gasteiger partial charge in [-0.25, -0.2) is 0 Å². The van der Waals surface area contributed by atoms with Crippen molar-refractivity contribution in [3.8, 4) is 11.5 Å². The van der Waals surface area contributed by atoms with Gasteiger partial charge in [0, 0.05) is 5.69 Å². The number of hydrogen-bond donors (Lipinski definition) is 2. The van der Waals surface area contributed by atoms with Gasteiger partial charge in [0.25, 0.3) is 5.91 Å². The van der Waals surface area contributed by atoms with Gasteiger partial charge in [0.05, 0.1) is 18.7 Å². The van der Waals surface area contributed by atoms with Gasteiger partial charge < -0.3 is 20.1 Å². The number of rotatable bonds is 5. The van der Waals surface area contributed by atoms with E-state index in [0.29, 0.717) is 23.7 Å². The summed E-state index contributed by atoms with van der Waals surface area (Å²) < 4.78 is 11.2. The summed E-state index contributed by atoms with van der Waals surface area (Å²) in [6.07, 6.45) is -0.296. The maximum Gasteiger partial charge on any atom is 0.265 e. The highest BCUT2D eigenvalue weighted by Crippen LogP contribution is 2.32. The number of amides is 2. The van der Waals surface area contributed by atoms with Crippen LogP contribution < -0.4 is 20.1 Å². The first-order valence-electron chi connectivity index (χ1n) is 8.54. The molecule has 2 aromatic rings. The molecule has 0 aromatic heterocycles. The average Bonchev–Trinajstić information content (AvgIpc) is 2.59. The lowest BCUT2D eigenvalue weighted by Crippen LogP contribution is -2.34. The van der Waals surface area contributed by atoms with Crippen LogP contribution in [0.5, 0.6) is 11.5 Å². The number of hydrogen-bond acceptors (Lipinski definition) is 4. The van der Waals surface area contributed by atoms with Gasteiger partial charge in [-0.2, -0.15) is 0 Å². The van der Waals surface area contributed by atoms with Gasteiger partial charge in [-0.1, -0.05) is 12.1 Å². The molecular formula is C20H22N2O4. The van der Waals surface area contributed by atoms with Crippen LogP contribution >= 0.6 is 0 Å². The number of anilines is 2. The molecule has 6 nitrogen and oxygen atoms in total. The van der Waals surface area contributed by atoms with E-state index in [2.05, 4.69) is 10.6 Å². The number of nitrogens with one attached hydrogen (secondary N) is 2. The molecule has 1 aliphatic rings. The monoisotopic (exact) mass is 354 g/mol. The first kappa shape index (κ1) is 17.8. The molecule has 0 bridgehead atoms. The predicted molar refractivity (Wildman–Crippen MR) is 99.8 cm³/mol. The quantitative estimate of drug-likeness (QED) is 0.862. The van der Waals surface area contributed by atoms with Crippen molar-refractivity contribution in [1.29, 1.82) is 0 Å². The number of benzene rings is 2. The average molecular weight is 354 g/mol. The van der Waals surface area contributed by atoms with Crippen LogP contribution in [0.4, 0.5) is 11.4 Å². The van der Waals surface area contributed by atoms with Gasteiger partial charge in [-0.05, 0) is 56.2 Å². The van der Waals surface area contributed by atoms with Gasteiger partial charge in [0.1, 0.15) is 11.5 Å². The Labute approximate surface area is 152 Å². The Balaban J connectivity index is 1.54. The summed E-state index contributed by atoms with van der Waals surface area (Å²) in [4.78, 5) is 23.8. The third kappa shape index (κ3) is 4.14. The molecule has 1 heterocycles. The van der Waals surface area contributed by atoms with E-state index in [1.165, 1.54) is 0 Å². The number of fused-ring (bicyclic) bond motifs is 1. The Morgan fingerprint density at radius 2 is 2.04 bits per heavy atom. The van der Waals surface area contributed by atoms with Crippen molar-refractivity contribution in [3.05, 3.63) is 47.5 Å². The van der Waals surface area contributed by atoms with Gasteiger partial charge in [-0.15, -0.1) is 0 Å². The van der Waals surface area contributed by atoms with Crippen molar-refractivity contribution in [2.24, 2.45) is 0 Å². The van der Waals surface area contributed by atoms with E-state index in [9.17, 15) is 9.59 Å². The fourth-order valence-electron chi connectivity index (χ4n) is 2.63. The van der Waals surface area contributed by atoms with Crippen molar-refractivity contribution >= 4 is 23.2 Å². The minimum atomic E-state index is -0.523. The van der Waals surface area contributed by atoms with Crippen LogP contribution in [0.1, 0.15) is 24.5 Å². The molecule has 0 aliphatic carbocycles. The molecule has 0 saturated heterocycles. The summed E-state index contributed by atoms with van der Waals surface area (Å²) in [6.45, 7) is 5.94. The fraction of sp³-hybridized carbons (Fsp3) is 0.300. The molecule has 1 atom stereocenters. The molecule has 2 amide bonds. The molecule has 2 N–H and O–H groups in total. The van der Waals surface area contributed by atoms with Crippen molar-refractivity contribution in [2.45, 2.75) is 33.3 Å². The van der Waals surface area contributed by atoms with Crippen LogP contribution in [-0.4, -0.2) is 24.5 Å². The van der Waals surface area contributed by atoms with Crippen LogP contribution in [0, 0.1) is 13.8 Å². The second-order valence-electron chi connectivity index (χ2n) is 6.38. The van der Waals surface area contributed by atoms with Crippen molar-refractivity contribution < 1.29 is 19.1 Å². The summed E-state index contributed by atoms with van der Waals surface area (Å²) in [5.74, 6) is 1.02. The molecule has 0 saturated carbocycles. The fourth-order valence-corrected chi connectivity index (χ4v) is 2.63. The summed E-state index contributed by atoms with van der Waals surface area (Å²) in [5.41, 5.74) is 3.30. The van der Waals surface area contributed by atoms with E-state index in [4.69, 9.17) is 9.47 Å². The van der Waals surface area contributed by atoms with E-state index >= 15 is 0 Å². The second kappa shape index (κ2) is 7.47. The first-order valence-corrected chi connectivity index (χ1v) is 8.54. The van der Waals surface area contributed by atoms with E-state index in [0.717, 1.165) is 16.9 Å². The molecule has 1 unspecified atom stereocenters. The van der Waals surface area contributed by atoms with Crippen LogP contribution in [0.2, 0.25) is 0 Å². The van der Waals surface area contributed by atoms with Crippen molar-refractivity contribution in [3.63, 3.8) is 0 Å². The van der Waals surface area contributed by atoms with Crippen LogP contribution in [0.15, 0.2) is 36.4 Å². The van der Waals surface area contributed by atoms with Crippen LogP contribution in [0.3, 0.4) is 0 Å². The smallest absolute Gasteiger partial charge is 0.265 e. The number of ether oxygens (including phenoxy) is 2. The Hall–Kier alpha value is -3.02. The van der Waals surface area contributed by atoms with E-state index in [1.54, 1.807) is 25.1 Å². The van der Waals surface area contributed by atoms with Gasteiger partial charge in [0.2, 0.25) is 5.91 Å². The third-order valence-corrected chi connectivity index (χ3v) is 4.12. The van der Waals surface area contributed by atoms with Gasteiger partial charge in [0.15, 0.2) is 6.10 Å². The predicted octanol–water partition coefficient (Wildman–Crippen LogP) is 3.43. The Bertz CT molecular complexity index is 848. The maximum atomic E-state index is 12.1. The third-order valence-electron chi connectivity index (χ3n) is 4.12. The van der Waals surface area contributed by atoms with Crippen molar-refractivity contribution in [2.75, 3.05) is 17.2 Å². The van der Waals surface area contributed by atoms with Crippen LogP contribution in [0.25, 0.3) is 0 Å². The number of aryl methyl sites for hydroxylation is 2. The molecule has 3 rings (SSSR count). The SMILES string of the molecule is Cc1ccc(C)c(OCCC(=O)Nc2ccc3c(c2)NC(=O)C(C)O3)c1. The lowest BCUT2D eigenvalue weighted by atomic mass is 10.1. The van der Waals surface area contributed by atoms with Gasteiger partial charge in [-0.3, -0.25) is 9.59 Å². The molecule has 136 valence electrons. The molecular weight excluding hydrogens is 332 g/mol. The van der Waals surface area contributed by atoms with E-state index < -0.39 is 6.10 Å². The lowest BCUT2D eigenvalue weighted by Gasteiger charge is -2.23. The Kier molecular flexibility index (Phi) is 5.11. The summed E-state index contributed by atoms with van der Waals surface area (Å²) >= 11 is 0. The standard InChI is InChI=1S/C20H22N2O4/c1-12-4-5-13(2)18(10-12)25-9-8-19(23)21-15-6-7-17-16(11-15)22-20(24)14(3)26-17/h4-7,10-11,14H,8-9H2,1-3H3,(H,21,23)(H,22,24). The lowest BCUT2D eigenvalue weighted by molar-refractivity contribution is -0.122. The summed E-state index contributed by atoms with van der Waals surface area (Å²) in [5, 5.41) is 5.56. The first-order chi connectivity index (χ1) is 12.4. The van der Waals surface area contributed by atoms with Crippen molar-refractivity contribution in [1.82, 2.24) is 0 Å². The zero-order valence-corrected chi connectivity index (χ0v) is 15.1. The zero-order chi connectivity index (χ0) is 18.7. The minimum Gasteiger partial charge on any atom is -0.493 e. The van der Waals surface area contributed by atoms with E-state index in [1.807, 2.05) is 32.0 Å². The highest BCUT2D eigenvalue weighted by atomic mass is 16.5. The number of carbonyl (C=O) groups is 2. The van der Waals surface area contributed by atoms with E-state index in [-0.39, 0.29) is 18.2 Å². The highest BCUT2D eigenvalue weighted by Gasteiger charge is 2.23. The molecule has 26 heavy (non-hydrogen) atoms. The molecule has 0 fully saturated rings. The molecule has 0 radical (unpaired) electrons.